The van der Waals surface area contributed by atoms with E-state index in [4.69, 9.17) is 5.11 Å². The number of aliphatic hydroxyl groups excluding tert-OH is 1. The number of benzene rings is 2. The average Bonchev–Trinajstić information content (AvgIpc) is 2.42. The van der Waals surface area contributed by atoms with E-state index in [0.29, 0.717) is 19.4 Å². The molecule has 0 radical (unpaired) electrons. The van der Waals surface area contributed by atoms with Crippen molar-refractivity contribution in [2.75, 3.05) is 6.61 Å². The minimum absolute atomic E-state index is 0.0165. The van der Waals surface area contributed by atoms with Crippen LogP contribution in [0.4, 0.5) is 0 Å². The van der Waals surface area contributed by atoms with Crippen LogP contribution in [0.1, 0.15) is 18.4 Å². The normalized spacial score (nSPS) is 10.5. The lowest BCUT2D eigenvalue weighted by Crippen LogP contribution is -2.22. The standard InChI is InChI=1S/C15H17NO2/c17-9-3-6-15(18)16-11-12-7-8-13-4-1-2-5-14(13)10-12/h1-2,4-5,7-8,10,17H,3,6,9,11H2,(H,16,18). The first kappa shape index (κ1) is 12.6. The Bertz CT molecular complexity index is 537. The monoisotopic (exact) mass is 243 g/mol. The summed E-state index contributed by atoms with van der Waals surface area (Å²) in [5.74, 6) is -0.0165. The highest BCUT2D eigenvalue weighted by Gasteiger charge is 2.01. The lowest BCUT2D eigenvalue weighted by molar-refractivity contribution is -0.121. The van der Waals surface area contributed by atoms with Gasteiger partial charge in [-0.05, 0) is 28.8 Å². The largest absolute Gasteiger partial charge is 0.396 e. The highest BCUT2D eigenvalue weighted by Crippen LogP contribution is 2.15. The number of aliphatic hydroxyl groups is 1. The van der Waals surface area contributed by atoms with E-state index in [1.807, 2.05) is 18.2 Å². The molecule has 0 heterocycles. The number of rotatable bonds is 5. The van der Waals surface area contributed by atoms with E-state index in [2.05, 4.69) is 29.6 Å². The quantitative estimate of drug-likeness (QED) is 0.846. The summed E-state index contributed by atoms with van der Waals surface area (Å²) < 4.78 is 0. The number of nitrogens with one attached hydrogen (secondary N) is 1. The third-order valence-electron chi connectivity index (χ3n) is 2.87. The van der Waals surface area contributed by atoms with E-state index >= 15 is 0 Å². The van der Waals surface area contributed by atoms with Crippen LogP contribution < -0.4 is 5.32 Å². The Labute approximate surface area is 106 Å². The molecule has 0 saturated carbocycles. The third kappa shape index (κ3) is 3.31. The Morgan fingerprint density at radius 3 is 2.67 bits per heavy atom. The van der Waals surface area contributed by atoms with Gasteiger partial charge in [-0.1, -0.05) is 36.4 Å². The van der Waals surface area contributed by atoms with Gasteiger partial charge in [-0.25, -0.2) is 0 Å². The number of fused-ring (bicyclic) bond motifs is 1. The van der Waals surface area contributed by atoms with Gasteiger partial charge < -0.3 is 10.4 Å². The first-order valence-electron chi connectivity index (χ1n) is 6.15. The lowest BCUT2D eigenvalue weighted by atomic mass is 10.1. The van der Waals surface area contributed by atoms with Crippen molar-refractivity contribution in [3.63, 3.8) is 0 Å². The highest BCUT2D eigenvalue weighted by atomic mass is 16.3. The van der Waals surface area contributed by atoms with Crippen molar-refractivity contribution in [3.05, 3.63) is 48.0 Å². The summed E-state index contributed by atoms with van der Waals surface area (Å²) in [5, 5.41) is 13.9. The number of amides is 1. The van der Waals surface area contributed by atoms with Gasteiger partial charge in [-0.2, -0.15) is 0 Å². The molecule has 3 nitrogen and oxygen atoms in total. The van der Waals surface area contributed by atoms with Gasteiger partial charge in [0.2, 0.25) is 5.91 Å². The van der Waals surface area contributed by atoms with E-state index in [1.165, 1.54) is 10.8 Å². The molecule has 0 saturated heterocycles. The molecule has 1 amide bonds. The zero-order valence-corrected chi connectivity index (χ0v) is 10.2. The van der Waals surface area contributed by atoms with Gasteiger partial charge in [0.25, 0.3) is 0 Å². The molecular formula is C15H17NO2. The predicted octanol–water partition coefficient (Wildman–Crippen LogP) is 2.23. The third-order valence-corrected chi connectivity index (χ3v) is 2.87. The molecule has 0 aliphatic heterocycles. The van der Waals surface area contributed by atoms with Crippen LogP contribution >= 0.6 is 0 Å². The number of carbonyl (C=O) groups is 1. The van der Waals surface area contributed by atoms with Crippen LogP contribution in [-0.2, 0) is 11.3 Å². The fourth-order valence-corrected chi connectivity index (χ4v) is 1.88. The van der Waals surface area contributed by atoms with E-state index in [1.54, 1.807) is 0 Å². The maximum Gasteiger partial charge on any atom is 0.220 e. The summed E-state index contributed by atoms with van der Waals surface area (Å²) in [4.78, 5) is 11.4. The van der Waals surface area contributed by atoms with Gasteiger partial charge in [-0.15, -0.1) is 0 Å². The second-order valence-electron chi connectivity index (χ2n) is 4.29. The van der Waals surface area contributed by atoms with Crippen LogP contribution in [0.3, 0.4) is 0 Å². The minimum Gasteiger partial charge on any atom is -0.396 e. The van der Waals surface area contributed by atoms with Gasteiger partial charge in [0.05, 0.1) is 0 Å². The van der Waals surface area contributed by atoms with Gasteiger partial charge in [0.1, 0.15) is 0 Å². The number of carbonyl (C=O) groups excluding carboxylic acids is 1. The summed E-state index contributed by atoms with van der Waals surface area (Å²) in [7, 11) is 0. The van der Waals surface area contributed by atoms with Crippen LogP contribution in [0, 0.1) is 0 Å². The molecule has 0 aliphatic carbocycles. The van der Waals surface area contributed by atoms with Crippen molar-refractivity contribution in [1.29, 1.82) is 0 Å². The number of hydrogen-bond donors (Lipinski definition) is 2. The second kappa shape index (κ2) is 6.17. The summed E-state index contributed by atoms with van der Waals surface area (Å²) in [5.41, 5.74) is 1.09. The second-order valence-corrected chi connectivity index (χ2v) is 4.29. The predicted molar refractivity (Wildman–Crippen MR) is 72.1 cm³/mol. The molecule has 18 heavy (non-hydrogen) atoms. The zero-order valence-electron chi connectivity index (χ0n) is 10.2. The maximum absolute atomic E-state index is 11.4. The van der Waals surface area contributed by atoms with Crippen molar-refractivity contribution >= 4 is 16.7 Å². The molecule has 0 aliphatic rings. The van der Waals surface area contributed by atoms with Crippen molar-refractivity contribution < 1.29 is 9.90 Å². The molecule has 2 rings (SSSR count). The van der Waals surface area contributed by atoms with Gasteiger partial charge >= 0.3 is 0 Å². The Morgan fingerprint density at radius 2 is 1.89 bits per heavy atom. The van der Waals surface area contributed by atoms with Gasteiger partial charge in [-0.3, -0.25) is 4.79 Å². The summed E-state index contributed by atoms with van der Waals surface area (Å²) in [6.07, 6.45) is 0.896. The first-order valence-corrected chi connectivity index (χ1v) is 6.15. The molecule has 2 N–H and O–H groups in total. The smallest absolute Gasteiger partial charge is 0.220 e. The van der Waals surface area contributed by atoms with Crippen molar-refractivity contribution in [2.45, 2.75) is 19.4 Å². The first-order chi connectivity index (χ1) is 8.79. The maximum atomic E-state index is 11.4. The van der Waals surface area contributed by atoms with Crippen molar-refractivity contribution in [3.8, 4) is 0 Å². The summed E-state index contributed by atoms with van der Waals surface area (Å²) >= 11 is 0. The fraction of sp³-hybridized carbons (Fsp3) is 0.267. The molecule has 0 spiro atoms. The topological polar surface area (TPSA) is 49.3 Å². The molecule has 94 valence electrons. The average molecular weight is 243 g/mol. The lowest BCUT2D eigenvalue weighted by Gasteiger charge is -2.06. The molecule has 2 aromatic rings. The van der Waals surface area contributed by atoms with Crippen LogP contribution in [0.2, 0.25) is 0 Å². The van der Waals surface area contributed by atoms with E-state index in [0.717, 1.165) is 5.56 Å². The molecule has 0 unspecified atom stereocenters. The van der Waals surface area contributed by atoms with Gasteiger partial charge in [0.15, 0.2) is 0 Å². The molecular weight excluding hydrogens is 226 g/mol. The van der Waals surface area contributed by atoms with E-state index in [-0.39, 0.29) is 12.5 Å². The van der Waals surface area contributed by atoms with Crippen molar-refractivity contribution in [2.24, 2.45) is 0 Å². The highest BCUT2D eigenvalue weighted by molar-refractivity contribution is 5.83. The molecule has 2 aromatic carbocycles. The Balaban J connectivity index is 1.97. The molecule has 0 bridgehead atoms. The molecule has 0 atom stereocenters. The van der Waals surface area contributed by atoms with E-state index in [9.17, 15) is 4.79 Å². The Hall–Kier alpha value is -1.87. The van der Waals surface area contributed by atoms with Crippen LogP contribution in [0.5, 0.6) is 0 Å². The zero-order chi connectivity index (χ0) is 12.8. The van der Waals surface area contributed by atoms with E-state index < -0.39 is 0 Å². The fourth-order valence-electron chi connectivity index (χ4n) is 1.88. The Morgan fingerprint density at radius 1 is 1.11 bits per heavy atom. The molecule has 0 aromatic heterocycles. The van der Waals surface area contributed by atoms with Crippen molar-refractivity contribution in [1.82, 2.24) is 5.32 Å². The molecule has 3 heteroatoms. The minimum atomic E-state index is -0.0165. The van der Waals surface area contributed by atoms with Crippen LogP contribution in [0.25, 0.3) is 10.8 Å². The van der Waals surface area contributed by atoms with Gasteiger partial charge in [0, 0.05) is 19.6 Å². The SMILES string of the molecule is O=C(CCCO)NCc1ccc2ccccc2c1. The van der Waals surface area contributed by atoms with Crippen LogP contribution in [0.15, 0.2) is 42.5 Å². The van der Waals surface area contributed by atoms with Crippen LogP contribution in [-0.4, -0.2) is 17.6 Å². The molecule has 0 fully saturated rings. The summed E-state index contributed by atoms with van der Waals surface area (Å²) in [6, 6.07) is 14.3. The summed E-state index contributed by atoms with van der Waals surface area (Å²) in [6.45, 7) is 0.596. The number of hydrogen-bond acceptors (Lipinski definition) is 2. The Kier molecular flexibility index (Phi) is 4.31.